The molecule has 0 saturated heterocycles. The number of hydrogen-bond acceptors (Lipinski definition) is 4. The summed E-state index contributed by atoms with van der Waals surface area (Å²) in [4.78, 5) is 10.2. The molecule has 0 spiro atoms. The summed E-state index contributed by atoms with van der Waals surface area (Å²) < 4.78 is 13.3. The quantitative estimate of drug-likeness (QED) is 0.638. The zero-order valence-corrected chi connectivity index (χ0v) is 10.3. The van der Waals surface area contributed by atoms with E-state index in [1.54, 1.807) is 0 Å². The fourth-order valence-electron chi connectivity index (χ4n) is 1.75. The molecule has 1 aliphatic carbocycles. The van der Waals surface area contributed by atoms with Crippen molar-refractivity contribution in [2.45, 2.75) is 18.9 Å². The van der Waals surface area contributed by atoms with Crippen molar-refractivity contribution in [2.75, 3.05) is 11.9 Å². The highest BCUT2D eigenvalue weighted by molar-refractivity contribution is 6.31. The first-order valence-electron chi connectivity index (χ1n) is 5.62. The lowest BCUT2D eigenvalue weighted by atomic mass is 10.2. The smallest absolute Gasteiger partial charge is 0.294 e. The molecular weight excluding hydrogens is 261 g/mol. The number of nitrogens with zero attached hydrogens (tertiary/aromatic N) is 1. The molecule has 98 valence electrons. The third-order valence-electron chi connectivity index (χ3n) is 2.99. The van der Waals surface area contributed by atoms with E-state index in [2.05, 4.69) is 5.32 Å². The standard InChI is InChI=1S/C11H13ClFN3O2/c12-7-3-11(16(17)18)10(4-8(7)13)15-5-9(14)6-1-2-6/h3-4,6,9,15H,1-2,5,14H2. The maximum atomic E-state index is 13.3. The molecule has 1 saturated carbocycles. The van der Waals surface area contributed by atoms with Gasteiger partial charge in [0.15, 0.2) is 0 Å². The molecule has 0 aliphatic heterocycles. The average molecular weight is 274 g/mol. The van der Waals surface area contributed by atoms with Gasteiger partial charge in [-0.1, -0.05) is 11.6 Å². The fourth-order valence-corrected chi connectivity index (χ4v) is 1.91. The van der Waals surface area contributed by atoms with Gasteiger partial charge in [0.05, 0.1) is 9.95 Å². The number of hydrogen-bond donors (Lipinski definition) is 2. The topological polar surface area (TPSA) is 81.2 Å². The summed E-state index contributed by atoms with van der Waals surface area (Å²) in [6.45, 7) is 0.382. The van der Waals surface area contributed by atoms with Gasteiger partial charge in [0.25, 0.3) is 5.69 Å². The molecule has 1 unspecified atom stereocenters. The number of nitrogens with one attached hydrogen (secondary N) is 1. The van der Waals surface area contributed by atoms with Crippen LogP contribution >= 0.6 is 11.6 Å². The lowest BCUT2D eigenvalue weighted by molar-refractivity contribution is -0.384. The summed E-state index contributed by atoms with van der Waals surface area (Å²) in [5.41, 5.74) is 5.73. The third kappa shape index (κ3) is 2.88. The molecule has 1 fully saturated rings. The van der Waals surface area contributed by atoms with E-state index in [1.165, 1.54) is 0 Å². The zero-order chi connectivity index (χ0) is 13.3. The van der Waals surface area contributed by atoms with E-state index >= 15 is 0 Å². The second-order valence-corrected chi connectivity index (χ2v) is 4.83. The van der Waals surface area contributed by atoms with E-state index in [0.29, 0.717) is 12.5 Å². The van der Waals surface area contributed by atoms with E-state index in [9.17, 15) is 14.5 Å². The van der Waals surface area contributed by atoms with Crippen LogP contribution in [0, 0.1) is 21.8 Å². The van der Waals surface area contributed by atoms with E-state index in [0.717, 1.165) is 25.0 Å². The number of rotatable bonds is 5. The van der Waals surface area contributed by atoms with E-state index in [-0.39, 0.29) is 22.4 Å². The molecule has 0 amide bonds. The van der Waals surface area contributed by atoms with Crippen LogP contribution < -0.4 is 11.1 Å². The van der Waals surface area contributed by atoms with Gasteiger partial charge in [-0.25, -0.2) is 4.39 Å². The van der Waals surface area contributed by atoms with Gasteiger partial charge in [-0.15, -0.1) is 0 Å². The number of halogens is 2. The Morgan fingerprint density at radius 3 is 2.83 bits per heavy atom. The Hall–Kier alpha value is -1.40. The van der Waals surface area contributed by atoms with Gasteiger partial charge < -0.3 is 11.1 Å². The molecule has 18 heavy (non-hydrogen) atoms. The molecule has 5 nitrogen and oxygen atoms in total. The normalized spacial score (nSPS) is 16.4. The van der Waals surface area contributed by atoms with Crippen molar-refractivity contribution < 1.29 is 9.31 Å². The van der Waals surface area contributed by atoms with Crippen LogP contribution in [0.4, 0.5) is 15.8 Å². The minimum Gasteiger partial charge on any atom is -0.378 e. The highest BCUT2D eigenvalue weighted by atomic mass is 35.5. The molecule has 1 atom stereocenters. The van der Waals surface area contributed by atoms with Gasteiger partial charge in [-0.2, -0.15) is 0 Å². The predicted molar refractivity (Wildman–Crippen MR) is 67.3 cm³/mol. The summed E-state index contributed by atoms with van der Waals surface area (Å²) in [5, 5.41) is 13.4. The molecule has 1 aliphatic rings. The van der Waals surface area contributed by atoms with E-state index in [4.69, 9.17) is 17.3 Å². The van der Waals surface area contributed by atoms with Gasteiger partial charge in [-0.05, 0) is 18.8 Å². The van der Waals surface area contributed by atoms with Crippen molar-refractivity contribution in [3.05, 3.63) is 33.1 Å². The number of nitrogens with two attached hydrogens (primary N) is 1. The monoisotopic (exact) mass is 273 g/mol. The van der Waals surface area contributed by atoms with Crippen molar-refractivity contribution in [2.24, 2.45) is 11.7 Å². The Morgan fingerprint density at radius 1 is 1.61 bits per heavy atom. The summed E-state index contributed by atoms with van der Waals surface area (Å²) >= 11 is 5.52. The Bertz CT molecular complexity index is 480. The van der Waals surface area contributed by atoms with Crippen LogP contribution in [-0.4, -0.2) is 17.5 Å². The molecule has 0 bridgehead atoms. The van der Waals surface area contributed by atoms with E-state index in [1.807, 2.05) is 0 Å². The summed E-state index contributed by atoms with van der Waals surface area (Å²) in [6, 6.07) is 1.96. The summed E-state index contributed by atoms with van der Waals surface area (Å²) in [5.74, 6) is -0.224. The lowest BCUT2D eigenvalue weighted by Gasteiger charge is -2.13. The van der Waals surface area contributed by atoms with Crippen LogP contribution in [0.5, 0.6) is 0 Å². The third-order valence-corrected chi connectivity index (χ3v) is 3.28. The molecule has 1 aromatic carbocycles. The summed E-state index contributed by atoms with van der Waals surface area (Å²) in [7, 11) is 0. The Balaban J connectivity index is 2.14. The van der Waals surface area contributed by atoms with Gasteiger partial charge in [0.2, 0.25) is 0 Å². The second-order valence-electron chi connectivity index (χ2n) is 4.42. The lowest BCUT2D eigenvalue weighted by Crippen LogP contribution is -2.31. The van der Waals surface area contributed by atoms with Crippen molar-refractivity contribution >= 4 is 23.0 Å². The highest BCUT2D eigenvalue weighted by Crippen LogP contribution is 2.33. The van der Waals surface area contributed by atoms with Crippen LogP contribution in [0.1, 0.15) is 12.8 Å². The van der Waals surface area contributed by atoms with Crippen LogP contribution in [0.3, 0.4) is 0 Å². The number of benzene rings is 1. The van der Waals surface area contributed by atoms with Gasteiger partial charge in [-0.3, -0.25) is 10.1 Å². The van der Waals surface area contributed by atoms with Crippen LogP contribution in [-0.2, 0) is 0 Å². The zero-order valence-electron chi connectivity index (χ0n) is 9.53. The molecule has 0 aromatic heterocycles. The molecule has 1 aromatic rings. The van der Waals surface area contributed by atoms with Crippen molar-refractivity contribution in [1.82, 2.24) is 0 Å². The van der Waals surface area contributed by atoms with Crippen molar-refractivity contribution in [3.8, 4) is 0 Å². The summed E-state index contributed by atoms with van der Waals surface area (Å²) in [6.07, 6.45) is 2.17. The minimum atomic E-state index is -0.690. The second kappa shape index (κ2) is 5.07. The Kier molecular flexibility index (Phi) is 3.68. The van der Waals surface area contributed by atoms with Gasteiger partial charge in [0.1, 0.15) is 11.5 Å². The van der Waals surface area contributed by atoms with E-state index < -0.39 is 10.7 Å². The van der Waals surface area contributed by atoms with Gasteiger partial charge >= 0.3 is 0 Å². The number of nitro benzene ring substituents is 1. The van der Waals surface area contributed by atoms with Crippen molar-refractivity contribution in [3.63, 3.8) is 0 Å². The Labute approximate surface area is 108 Å². The SMILES string of the molecule is NC(CNc1cc(F)c(Cl)cc1[N+](=O)[O-])C1CC1. The molecular formula is C11H13ClFN3O2. The van der Waals surface area contributed by atoms with Crippen LogP contribution in [0.2, 0.25) is 5.02 Å². The number of nitro groups is 1. The molecule has 7 heteroatoms. The fraction of sp³-hybridized carbons (Fsp3) is 0.455. The first-order valence-corrected chi connectivity index (χ1v) is 5.99. The Morgan fingerprint density at radius 2 is 2.28 bits per heavy atom. The van der Waals surface area contributed by atoms with Crippen LogP contribution in [0.15, 0.2) is 12.1 Å². The minimum absolute atomic E-state index is 0.0663. The highest BCUT2D eigenvalue weighted by Gasteiger charge is 2.28. The first-order chi connectivity index (χ1) is 8.49. The maximum absolute atomic E-state index is 13.3. The van der Waals surface area contributed by atoms with Crippen LogP contribution in [0.25, 0.3) is 0 Å². The maximum Gasteiger partial charge on any atom is 0.294 e. The molecule has 0 radical (unpaired) electrons. The van der Waals surface area contributed by atoms with Crippen molar-refractivity contribution in [1.29, 1.82) is 0 Å². The van der Waals surface area contributed by atoms with Gasteiger partial charge in [0, 0.05) is 24.7 Å². The first kappa shape index (κ1) is 13.0. The largest absolute Gasteiger partial charge is 0.378 e. The average Bonchev–Trinajstić information content (AvgIpc) is 3.13. The number of anilines is 1. The molecule has 2 rings (SSSR count). The predicted octanol–water partition coefficient (Wildman–Crippen LogP) is 2.54. The molecule has 3 N–H and O–H groups in total. The molecule has 0 heterocycles.